The zero-order valence-electron chi connectivity index (χ0n) is 8.82. The second-order valence-electron chi connectivity index (χ2n) is 3.45. The molecule has 0 amide bonds. The molecular formula is C10H24N2. The van der Waals surface area contributed by atoms with Crippen LogP contribution in [0.2, 0.25) is 0 Å². The van der Waals surface area contributed by atoms with Crippen LogP contribution in [0.25, 0.3) is 0 Å². The summed E-state index contributed by atoms with van der Waals surface area (Å²) >= 11 is 0. The van der Waals surface area contributed by atoms with Crippen LogP contribution in [-0.2, 0) is 0 Å². The molecule has 0 aromatic heterocycles. The zero-order chi connectivity index (χ0) is 9.23. The van der Waals surface area contributed by atoms with Gasteiger partial charge in [-0.25, -0.2) is 0 Å². The van der Waals surface area contributed by atoms with E-state index in [0.717, 1.165) is 25.6 Å². The fraction of sp³-hybridized carbons (Fsp3) is 1.00. The standard InChI is InChI=1S/C10H24N2/c1-4-7-12-8-6-10(3)9-11-5-2/h10-12H,4-9H2,1-3H3. The molecule has 0 heterocycles. The molecule has 1 unspecified atom stereocenters. The fourth-order valence-corrected chi connectivity index (χ4v) is 1.14. The first-order valence-electron chi connectivity index (χ1n) is 5.22. The Morgan fingerprint density at radius 1 is 1.08 bits per heavy atom. The Kier molecular flexibility index (Phi) is 8.95. The Labute approximate surface area is 77.1 Å². The van der Waals surface area contributed by atoms with Crippen molar-refractivity contribution in [2.45, 2.75) is 33.6 Å². The predicted molar refractivity (Wildman–Crippen MR) is 55.5 cm³/mol. The smallest absolute Gasteiger partial charge is 0.00228 e. The zero-order valence-corrected chi connectivity index (χ0v) is 8.82. The van der Waals surface area contributed by atoms with Crippen LogP contribution in [0.3, 0.4) is 0 Å². The van der Waals surface area contributed by atoms with Gasteiger partial charge in [0.05, 0.1) is 0 Å². The molecular weight excluding hydrogens is 148 g/mol. The van der Waals surface area contributed by atoms with Gasteiger partial charge >= 0.3 is 0 Å². The van der Waals surface area contributed by atoms with Gasteiger partial charge in [0, 0.05) is 0 Å². The molecule has 0 bridgehead atoms. The van der Waals surface area contributed by atoms with Crippen molar-refractivity contribution in [3.63, 3.8) is 0 Å². The van der Waals surface area contributed by atoms with E-state index in [1.54, 1.807) is 0 Å². The van der Waals surface area contributed by atoms with Gasteiger partial charge in [0.2, 0.25) is 0 Å². The van der Waals surface area contributed by atoms with Crippen LogP contribution in [-0.4, -0.2) is 26.2 Å². The summed E-state index contributed by atoms with van der Waals surface area (Å²) in [6.45, 7) is 11.2. The maximum Gasteiger partial charge on any atom is -0.00228 e. The largest absolute Gasteiger partial charge is 0.317 e. The quantitative estimate of drug-likeness (QED) is 0.544. The number of rotatable bonds is 8. The molecule has 0 saturated heterocycles. The summed E-state index contributed by atoms with van der Waals surface area (Å²) < 4.78 is 0. The lowest BCUT2D eigenvalue weighted by Crippen LogP contribution is -2.24. The molecule has 0 fully saturated rings. The minimum Gasteiger partial charge on any atom is -0.317 e. The van der Waals surface area contributed by atoms with Crippen LogP contribution in [0.5, 0.6) is 0 Å². The highest BCUT2D eigenvalue weighted by atomic mass is 14.9. The highest BCUT2D eigenvalue weighted by molar-refractivity contribution is 4.58. The normalized spacial score (nSPS) is 13.2. The van der Waals surface area contributed by atoms with E-state index >= 15 is 0 Å². The molecule has 0 rings (SSSR count). The molecule has 2 heteroatoms. The molecule has 1 atom stereocenters. The third-order valence-electron chi connectivity index (χ3n) is 1.98. The van der Waals surface area contributed by atoms with Crippen LogP contribution < -0.4 is 10.6 Å². The number of hydrogen-bond acceptors (Lipinski definition) is 2. The molecule has 0 aromatic rings. The third kappa shape index (κ3) is 8.02. The second kappa shape index (κ2) is 9.01. The lowest BCUT2D eigenvalue weighted by Gasteiger charge is -2.11. The van der Waals surface area contributed by atoms with Gasteiger partial charge < -0.3 is 10.6 Å². The maximum atomic E-state index is 3.41. The van der Waals surface area contributed by atoms with Crippen molar-refractivity contribution >= 4 is 0 Å². The number of nitrogens with one attached hydrogen (secondary N) is 2. The monoisotopic (exact) mass is 172 g/mol. The van der Waals surface area contributed by atoms with E-state index in [1.165, 1.54) is 19.4 Å². The summed E-state index contributed by atoms with van der Waals surface area (Å²) in [5.41, 5.74) is 0. The lowest BCUT2D eigenvalue weighted by molar-refractivity contribution is 0.469. The topological polar surface area (TPSA) is 24.1 Å². The van der Waals surface area contributed by atoms with E-state index in [4.69, 9.17) is 0 Å². The van der Waals surface area contributed by atoms with Crippen LogP contribution >= 0.6 is 0 Å². The Balaban J connectivity index is 3.02. The number of hydrogen-bond donors (Lipinski definition) is 2. The van der Waals surface area contributed by atoms with Gasteiger partial charge in [0.25, 0.3) is 0 Å². The van der Waals surface area contributed by atoms with Crippen molar-refractivity contribution in [2.75, 3.05) is 26.2 Å². The molecule has 2 N–H and O–H groups in total. The molecule has 0 spiro atoms. The summed E-state index contributed by atoms with van der Waals surface area (Å²) in [7, 11) is 0. The average Bonchev–Trinajstić information content (AvgIpc) is 2.09. The van der Waals surface area contributed by atoms with Crippen molar-refractivity contribution in [3.05, 3.63) is 0 Å². The lowest BCUT2D eigenvalue weighted by atomic mass is 10.1. The van der Waals surface area contributed by atoms with Gasteiger partial charge in [-0.2, -0.15) is 0 Å². The average molecular weight is 172 g/mol. The summed E-state index contributed by atoms with van der Waals surface area (Å²) in [5, 5.41) is 6.78. The fourth-order valence-electron chi connectivity index (χ4n) is 1.14. The molecule has 12 heavy (non-hydrogen) atoms. The molecule has 74 valence electrons. The highest BCUT2D eigenvalue weighted by Crippen LogP contribution is 1.97. The van der Waals surface area contributed by atoms with Crippen LogP contribution in [0.15, 0.2) is 0 Å². The summed E-state index contributed by atoms with van der Waals surface area (Å²) in [5.74, 6) is 0.800. The summed E-state index contributed by atoms with van der Waals surface area (Å²) in [6.07, 6.45) is 2.52. The molecule has 0 aliphatic rings. The first-order valence-corrected chi connectivity index (χ1v) is 5.22. The second-order valence-corrected chi connectivity index (χ2v) is 3.45. The molecule has 0 aliphatic carbocycles. The molecule has 0 radical (unpaired) electrons. The predicted octanol–water partition coefficient (Wildman–Crippen LogP) is 1.62. The molecule has 0 saturated carbocycles. The Bertz CT molecular complexity index is 83.9. The van der Waals surface area contributed by atoms with E-state index in [2.05, 4.69) is 31.4 Å². The van der Waals surface area contributed by atoms with E-state index in [0.29, 0.717) is 0 Å². The van der Waals surface area contributed by atoms with E-state index in [9.17, 15) is 0 Å². The van der Waals surface area contributed by atoms with Crippen LogP contribution in [0.4, 0.5) is 0 Å². The van der Waals surface area contributed by atoms with Crippen LogP contribution in [0, 0.1) is 5.92 Å². The molecule has 0 aliphatic heterocycles. The van der Waals surface area contributed by atoms with Gasteiger partial charge in [-0.15, -0.1) is 0 Å². The summed E-state index contributed by atoms with van der Waals surface area (Å²) in [6, 6.07) is 0. The minimum atomic E-state index is 0.800. The van der Waals surface area contributed by atoms with E-state index in [1.807, 2.05) is 0 Å². The maximum absolute atomic E-state index is 3.41. The van der Waals surface area contributed by atoms with Gasteiger partial charge in [-0.05, 0) is 44.9 Å². The third-order valence-corrected chi connectivity index (χ3v) is 1.98. The Morgan fingerprint density at radius 3 is 2.42 bits per heavy atom. The van der Waals surface area contributed by atoms with Gasteiger partial charge in [0.1, 0.15) is 0 Å². The van der Waals surface area contributed by atoms with Gasteiger partial charge in [-0.1, -0.05) is 20.8 Å². The van der Waals surface area contributed by atoms with Gasteiger partial charge in [-0.3, -0.25) is 0 Å². The first kappa shape index (κ1) is 11.9. The van der Waals surface area contributed by atoms with Crippen molar-refractivity contribution in [3.8, 4) is 0 Å². The van der Waals surface area contributed by atoms with Gasteiger partial charge in [0.15, 0.2) is 0 Å². The Morgan fingerprint density at radius 2 is 1.83 bits per heavy atom. The molecule has 2 nitrogen and oxygen atoms in total. The van der Waals surface area contributed by atoms with Crippen molar-refractivity contribution in [1.82, 2.24) is 10.6 Å². The SMILES string of the molecule is CCCNCCC(C)CNCC. The van der Waals surface area contributed by atoms with E-state index in [-0.39, 0.29) is 0 Å². The Hall–Kier alpha value is -0.0800. The van der Waals surface area contributed by atoms with Crippen molar-refractivity contribution in [1.29, 1.82) is 0 Å². The van der Waals surface area contributed by atoms with Crippen molar-refractivity contribution < 1.29 is 0 Å². The van der Waals surface area contributed by atoms with Crippen molar-refractivity contribution in [2.24, 2.45) is 5.92 Å². The minimum absolute atomic E-state index is 0.800. The van der Waals surface area contributed by atoms with E-state index < -0.39 is 0 Å². The summed E-state index contributed by atoms with van der Waals surface area (Å²) in [4.78, 5) is 0. The molecule has 0 aromatic carbocycles. The first-order chi connectivity index (χ1) is 5.81. The highest BCUT2D eigenvalue weighted by Gasteiger charge is 1.99. The van der Waals surface area contributed by atoms with Crippen LogP contribution in [0.1, 0.15) is 33.6 Å².